The van der Waals surface area contributed by atoms with Crippen molar-refractivity contribution in [1.29, 1.82) is 0 Å². The molecule has 5 nitrogen and oxygen atoms in total. The van der Waals surface area contributed by atoms with Gasteiger partial charge in [-0.3, -0.25) is 4.79 Å². The number of carbonyl (C=O) groups excluding carboxylic acids is 1. The third-order valence-electron chi connectivity index (χ3n) is 4.84. The molecule has 0 aliphatic carbocycles. The minimum atomic E-state index is -4.39. The molecule has 0 saturated carbocycles. The maximum Gasteiger partial charge on any atom is 0.417 e. The second-order valence-corrected chi connectivity index (χ2v) is 6.88. The Balaban J connectivity index is 1.57. The number of rotatable bonds is 5. The summed E-state index contributed by atoms with van der Waals surface area (Å²) in [4.78, 5) is 20.4. The summed E-state index contributed by atoms with van der Waals surface area (Å²) >= 11 is 0. The summed E-state index contributed by atoms with van der Waals surface area (Å²) in [5.74, 6) is 1.31. The van der Waals surface area contributed by atoms with Crippen molar-refractivity contribution in [2.24, 2.45) is 0 Å². The van der Waals surface area contributed by atoms with Crippen LogP contribution >= 0.6 is 0 Å². The highest BCUT2D eigenvalue weighted by Gasteiger charge is 2.31. The van der Waals surface area contributed by atoms with Gasteiger partial charge in [0.1, 0.15) is 11.6 Å². The van der Waals surface area contributed by atoms with Crippen molar-refractivity contribution >= 4 is 11.7 Å². The number of hydrogen-bond donors (Lipinski definition) is 0. The third-order valence-corrected chi connectivity index (χ3v) is 4.84. The number of benzene rings is 1. The molecule has 0 spiro atoms. The second kappa shape index (κ2) is 9.15. The number of pyridine rings is 1. The fourth-order valence-corrected chi connectivity index (χ4v) is 3.29. The third kappa shape index (κ3) is 5.62. The molecule has 0 unspecified atom stereocenters. The number of halogens is 3. The van der Waals surface area contributed by atoms with E-state index >= 15 is 0 Å². The van der Waals surface area contributed by atoms with Crippen LogP contribution in [0.15, 0.2) is 42.6 Å². The van der Waals surface area contributed by atoms with Crippen LogP contribution in [0.1, 0.15) is 24.5 Å². The molecule has 2 heterocycles. The van der Waals surface area contributed by atoms with E-state index in [1.165, 1.54) is 6.07 Å². The quantitative estimate of drug-likeness (QED) is 0.757. The van der Waals surface area contributed by atoms with Gasteiger partial charge < -0.3 is 14.5 Å². The molecule has 1 aliphatic rings. The lowest BCUT2D eigenvalue weighted by Gasteiger charge is -2.23. The largest absolute Gasteiger partial charge is 0.494 e. The van der Waals surface area contributed by atoms with Crippen molar-refractivity contribution in [3.8, 4) is 5.75 Å². The Hall–Kier alpha value is -2.77. The fraction of sp³-hybridized carbons (Fsp3) is 0.429. The number of nitrogens with zero attached hydrogens (tertiary/aromatic N) is 3. The number of amides is 1. The normalized spacial score (nSPS) is 15.2. The van der Waals surface area contributed by atoms with Gasteiger partial charge in [-0.2, -0.15) is 13.2 Å². The Bertz CT molecular complexity index is 807. The van der Waals surface area contributed by atoms with Crippen molar-refractivity contribution in [3.63, 3.8) is 0 Å². The molecular weight excluding hydrogens is 383 g/mol. The van der Waals surface area contributed by atoms with E-state index < -0.39 is 11.7 Å². The van der Waals surface area contributed by atoms with Crippen LogP contribution in [0.5, 0.6) is 5.75 Å². The molecule has 0 atom stereocenters. The standard InChI is InChI=1S/C21H24F3N3O2/c1-2-29-18-7-4-16(5-8-18)14-20(28)27-11-3-10-26(12-13-27)19-9-6-17(15-25-19)21(22,23)24/h4-9,15H,2-3,10-14H2,1H3. The first-order valence-corrected chi connectivity index (χ1v) is 9.64. The molecule has 3 rings (SSSR count). The van der Waals surface area contributed by atoms with E-state index in [1.54, 1.807) is 4.90 Å². The summed E-state index contributed by atoms with van der Waals surface area (Å²) in [7, 11) is 0. The molecule has 1 aromatic carbocycles. The van der Waals surface area contributed by atoms with Gasteiger partial charge in [0, 0.05) is 32.4 Å². The van der Waals surface area contributed by atoms with E-state index in [2.05, 4.69) is 4.98 Å². The van der Waals surface area contributed by atoms with Crippen LogP contribution in [0.25, 0.3) is 0 Å². The van der Waals surface area contributed by atoms with Gasteiger partial charge in [0.25, 0.3) is 0 Å². The van der Waals surface area contributed by atoms with E-state index in [0.717, 1.165) is 30.0 Å². The lowest BCUT2D eigenvalue weighted by atomic mass is 10.1. The Labute approximate surface area is 168 Å². The van der Waals surface area contributed by atoms with Crippen LogP contribution in [0.2, 0.25) is 0 Å². The second-order valence-electron chi connectivity index (χ2n) is 6.88. The molecule has 29 heavy (non-hydrogen) atoms. The lowest BCUT2D eigenvalue weighted by molar-refractivity contribution is -0.137. The molecule has 8 heteroatoms. The fourth-order valence-electron chi connectivity index (χ4n) is 3.29. The zero-order chi connectivity index (χ0) is 20.9. The minimum Gasteiger partial charge on any atom is -0.494 e. The Morgan fingerprint density at radius 3 is 2.45 bits per heavy atom. The number of aromatic nitrogens is 1. The highest BCUT2D eigenvalue weighted by Crippen LogP contribution is 2.29. The van der Waals surface area contributed by atoms with Gasteiger partial charge in [-0.15, -0.1) is 0 Å². The van der Waals surface area contributed by atoms with Gasteiger partial charge in [-0.05, 0) is 43.2 Å². The molecule has 0 N–H and O–H groups in total. The first-order chi connectivity index (χ1) is 13.9. The van der Waals surface area contributed by atoms with Crippen LogP contribution in [-0.2, 0) is 17.4 Å². The molecule has 1 aliphatic heterocycles. The highest BCUT2D eigenvalue weighted by atomic mass is 19.4. The van der Waals surface area contributed by atoms with Gasteiger partial charge in [-0.1, -0.05) is 12.1 Å². The lowest BCUT2D eigenvalue weighted by Crippen LogP contribution is -2.36. The van der Waals surface area contributed by atoms with Crippen molar-refractivity contribution in [2.45, 2.75) is 25.9 Å². The molecular formula is C21H24F3N3O2. The first kappa shape index (κ1) is 21.0. The monoisotopic (exact) mass is 407 g/mol. The number of alkyl halides is 3. The van der Waals surface area contributed by atoms with E-state index in [9.17, 15) is 18.0 Å². The minimum absolute atomic E-state index is 0.0383. The summed E-state index contributed by atoms with van der Waals surface area (Å²) in [5, 5.41) is 0. The molecule has 2 aromatic rings. The highest BCUT2D eigenvalue weighted by molar-refractivity contribution is 5.79. The first-order valence-electron chi connectivity index (χ1n) is 9.64. The summed E-state index contributed by atoms with van der Waals surface area (Å²) in [5.41, 5.74) is 0.159. The number of anilines is 1. The summed E-state index contributed by atoms with van der Waals surface area (Å²) in [6.07, 6.45) is -2.49. The molecule has 1 fully saturated rings. The van der Waals surface area contributed by atoms with Crippen molar-refractivity contribution in [3.05, 3.63) is 53.7 Å². The van der Waals surface area contributed by atoms with Crippen LogP contribution in [0.3, 0.4) is 0 Å². The van der Waals surface area contributed by atoms with Gasteiger partial charge in [-0.25, -0.2) is 4.98 Å². The van der Waals surface area contributed by atoms with E-state index in [-0.39, 0.29) is 5.91 Å². The van der Waals surface area contributed by atoms with Gasteiger partial charge >= 0.3 is 6.18 Å². The summed E-state index contributed by atoms with van der Waals surface area (Å²) in [6, 6.07) is 9.92. The average Bonchev–Trinajstić information content (AvgIpc) is 2.95. The predicted molar refractivity (Wildman–Crippen MR) is 104 cm³/mol. The van der Waals surface area contributed by atoms with Crippen molar-refractivity contribution < 1.29 is 22.7 Å². The maximum absolute atomic E-state index is 12.7. The van der Waals surface area contributed by atoms with Crippen molar-refractivity contribution in [1.82, 2.24) is 9.88 Å². The zero-order valence-corrected chi connectivity index (χ0v) is 16.3. The Morgan fingerprint density at radius 2 is 1.83 bits per heavy atom. The molecule has 1 aromatic heterocycles. The number of hydrogen-bond acceptors (Lipinski definition) is 4. The number of carbonyl (C=O) groups is 1. The van der Waals surface area contributed by atoms with E-state index in [4.69, 9.17) is 4.74 Å². The molecule has 0 radical (unpaired) electrons. The Kier molecular flexibility index (Phi) is 6.61. The van der Waals surface area contributed by atoms with Gasteiger partial charge in [0.05, 0.1) is 18.6 Å². The van der Waals surface area contributed by atoms with Gasteiger partial charge in [0.15, 0.2) is 0 Å². The van der Waals surface area contributed by atoms with Gasteiger partial charge in [0.2, 0.25) is 5.91 Å². The SMILES string of the molecule is CCOc1ccc(CC(=O)N2CCCN(c3ccc(C(F)(F)F)cn3)CC2)cc1. The zero-order valence-electron chi connectivity index (χ0n) is 16.3. The summed E-state index contributed by atoms with van der Waals surface area (Å²) in [6.45, 7) is 4.82. The number of ether oxygens (including phenoxy) is 1. The van der Waals surface area contributed by atoms with Crippen molar-refractivity contribution in [2.75, 3.05) is 37.7 Å². The molecule has 1 amide bonds. The van der Waals surface area contributed by atoms with E-state index in [1.807, 2.05) is 36.1 Å². The molecule has 1 saturated heterocycles. The molecule has 0 bridgehead atoms. The van der Waals surface area contributed by atoms with Crippen LogP contribution in [-0.4, -0.2) is 48.6 Å². The van der Waals surface area contributed by atoms with Crippen LogP contribution in [0, 0.1) is 0 Å². The average molecular weight is 407 g/mol. The Morgan fingerprint density at radius 1 is 1.07 bits per heavy atom. The van der Waals surface area contributed by atoms with Crippen LogP contribution in [0.4, 0.5) is 19.0 Å². The maximum atomic E-state index is 12.7. The predicted octanol–water partition coefficient (Wildman–Crippen LogP) is 3.78. The summed E-state index contributed by atoms with van der Waals surface area (Å²) < 4.78 is 43.5. The molecule has 156 valence electrons. The van der Waals surface area contributed by atoms with E-state index in [0.29, 0.717) is 45.0 Å². The van der Waals surface area contributed by atoms with Crippen LogP contribution < -0.4 is 9.64 Å². The smallest absolute Gasteiger partial charge is 0.417 e. The topological polar surface area (TPSA) is 45.7 Å².